The fourth-order valence-corrected chi connectivity index (χ4v) is 3.73. The third-order valence-corrected chi connectivity index (χ3v) is 5.55. The molecule has 0 bridgehead atoms. The molecule has 3 rings (SSSR count). The number of carbonyl (C=O) groups excluding carboxylic acids is 3. The minimum Gasteiger partial charge on any atom is -0.467 e. The van der Waals surface area contributed by atoms with Crippen molar-refractivity contribution in [2.24, 2.45) is 0 Å². The molecule has 1 heterocycles. The van der Waals surface area contributed by atoms with Gasteiger partial charge in [0.1, 0.15) is 18.7 Å². The molecule has 1 aliphatic heterocycles. The van der Waals surface area contributed by atoms with E-state index in [0.717, 1.165) is 22.3 Å². The van der Waals surface area contributed by atoms with Gasteiger partial charge in [0.05, 0.1) is 13.7 Å². The van der Waals surface area contributed by atoms with Gasteiger partial charge in [-0.25, -0.2) is 9.59 Å². The predicted molar refractivity (Wildman–Crippen MR) is 124 cm³/mol. The van der Waals surface area contributed by atoms with E-state index in [-0.39, 0.29) is 13.2 Å². The molecular formula is C26H30N2O5. The summed E-state index contributed by atoms with van der Waals surface area (Å²) >= 11 is 0. The van der Waals surface area contributed by atoms with Crippen LogP contribution in [0.2, 0.25) is 0 Å². The lowest BCUT2D eigenvalue weighted by atomic mass is 9.93. The van der Waals surface area contributed by atoms with Crippen LogP contribution in [0.3, 0.4) is 0 Å². The van der Waals surface area contributed by atoms with Gasteiger partial charge < -0.3 is 14.8 Å². The van der Waals surface area contributed by atoms with Crippen LogP contribution in [-0.4, -0.2) is 42.1 Å². The first-order valence-electron chi connectivity index (χ1n) is 10.9. The van der Waals surface area contributed by atoms with Crippen LogP contribution in [-0.2, 0) is 38.6 Å². The van der Waals surface area contributed by atoms with E-state index >= 15 is 0 Å². The number of rotatable bonds is 7. The molecule has 0 aromatic heterocycles. The number of amides is 2. The van der Waals surface area contributed by atoms with Crippen LogP contribution >= 0.6 is 0 Å². The summed E-state index contributed by atoms with van der Waals surface area (Å²) in [5.41, 5.74) is 3.84. The highest BCUT2D eigenvalue weighted by atomic mass is 16.6. The molecule has 2 atom stereocenters. The third kappa shape index (κ3) is 6.44. The summed E-state index contributed by atoms with van der Waals surface area (Å²) < 4.78 is 10.4. The summed E-state index contributed by atoms with van der Waals surface area (Å²) in [6, 6.07) is 15.4. The molecule has 2 aromatic rings. The summed E-state index contributed by atoms with van der Waals surface area (Å²) in [6.07, 6.45) is 1.93. The van der Waals surface area contributed by atoms with E-state index in [0.29, 0.717) is 12.8 Å². The van der Waals surface area contributed by atoms with Crippen molar-refractivity contribution < 1.29 is 23.9 Å². The fourth-order valence-electron chi connectivity index (χ4n) is 3.73. The fraction of sp³-hybridized carbons (Fsp3) is 0.346. The van der Waals surface area contributed by atoms with Gasteiger partial charge in [0.25, 0.3) is 0 Å². The Labute approximate surface area is 194 Å². The number of hydrogen-bond acceptors (Lipinski definition) is 5. The van der Waals surface area contributed by atoms with Crippen LogP contribution in [0.15, 0.2) is 66.2 Å². The Hall–Kier alpha value is -3.61. The molecule has 33 heavy (non-hydrogen) atoms. The maximum atomic E-state index is 13.3. The number of fused-ring (bicyclic) bond motifs is 1. The molecule has 0 aliphatic carbocycles. The zero-order valence-corrected chi connectivity index (χ0v) is 19.2. The lowest BCUT2D eigenvalue weighted by Crippen LogP contribution is -2.55. The summed E-state index contributed by atoms with van der Waals surface area (Å²) in [5.74, 6) is -0.950. The molecule has 0 saturated carbocycles. The normalized spacial score (nSPS) is 15.6. The maximum Gasteiger partial charge on any atom is 0.411 e. The highest BCUT2D eigenvalue weighted by molar-refractivity contribution is 5.90. The second-order valence-electron chi connectivity index (χ2n) is 8.26. The third-order valence-electron chi connectivity index (χ3n) is 5.55. The monoisotopic (exact) mass is 450 g/mol. The van der Waals surface area contributed by atoms with Gasteiger partial charge in [-0.15, -0.1) is 0 Å². The minimum atomic E-state index is -0.836. The molecule has 2 aromatic carbocycles. The van der Waals surface area contributed by atoms with Crippen LogP contribution in [0.5, 0.6) is 0 Å². The van der Waals surface area contributed by atoms with Crippen molar-refractivity contribution in [2.75, 3.05) is 7.11 Å². The van der Waals surface area contributed by atoms with Crippen LogP contribution < -0.4 is 5.32 Å². The number of ether oxygens (including phenoxy) is 2. The van der Waals surface area contributed by atoms with E-state index in [1.54, 1.807) is 0 Å². The van der Waals surface area contributed by atoms with Gasteiger partial charge in [0.15, 0.2) is 0 Å². The predicted octanol–water partition coefficient (Wildman–Crippen LogP) is 3.76. The first-order chi connectivity index (χ1) is 15.9. The number of carbonyl (C=O) groups is 3. The van der Waals surface area contributed by atoms with Gasteiger partial charge in [0.2, 0.25) is 5.91 Å². The van der Waals surface area contributed by atoms with Gasteiger partial charge in [-0.1, -0.05) is 66.2 Å². The van der Waals surface area contributed by atoms with Crippen molar-refractivity contribution in [1.82, 2.24) is 10.2 Å². The van der Waals surface area contributed by atoms with Crippen LogP contribution in [0, 0.1) is 0 Å². The number of allylic oxidation sites excluding steroid dienone is 1. The van der Waals surface area contributed by atoms with Crippen LogP contribution in [0.1, 0.15) is 37.0 Å². The smallest absolute Gasteiger partial charge is 0.411 e. The number of methoxy groups -OCH3 is 1. The largest absolute Gasteiger partial charge is 0.467 e. The molecular weight excluding hydrogens is 420 g/mol. The number of hydrogen-bond donors (Lipinski definition) is 1. The van der Waals surface area contributed by atoms with Crippen LogP contribution in [0.4, 0.5) is 4.79 Å². The summed E-state index contributed by atoms with van der Waals surface area (Å²) in [6.45, 7) is 4.19. The van der Waals surface area contributed by atoms with E-state index in [1.807, 2.05) is 74.5 Å². The topological polar surface area (TPSA) is 84.9 Å². The van der Waals surface area contributed by atoms with Crippen molar-refractivity contribution >= 4 is 18.0 Å². The van der Waals surface area contributed by atoms with E-state index < -0.39 is 30.1 Å². The Morgan fingerprint density at radius 2 is 1.73 bits per heavy atom. The number of nitrogens with zero attached hydrogens (tertiary/aromatic N) is 1. The molecule has 0 unspecified atom stereocenters. The Morgan fingerprint density at radius 3 is 2.39 bits per heavy atom. The second-order valence-corrected chi connectivity index (χ2v) is 8.26. The van der Waals surface area contributed by atoms with E-state index in [1.165, 1.54) is 12.0 Å². The molecule has 0 spiro atoms. The van der Waals surface area contributed by atoms with Crippen molar-refractivity contribution in [3.05, 3.63) is 82.9 Å². The molecule has 0 saturated heterocycles. The SMILES string of the molecule is COC(=O)[C@H](CC=C(C)C)NC(=O)[C@@H]1Cc2ccccc2CN1C(=O)OCc1ccccc1. The van der Waals surface area contributed by atoms with Crippen molar-refractivity contribution in [3.8, 4) is 0 Å². The average Bonchev–Trinajstić information content (AvgIpc) is 2.84. The highest BCUT2D eigenvalue weighted by Crippen LogP contribution is 2.25. The van der Waals surface area contributed by atoms with Crippen molar-refractivity contribution in [3.63, 3.8) is 0 Å². The molecule has 7 nitrogen and oxygen atoms in total. The van der Waals surface area contributed by atoms with E-state index in [2.05, 4.69) is 5.32 Å². The second kappa shape index (κ2) is 11.3. The maximum absolute atomic E-state index is 13.3. The van der Waals surface area contributed by atoms with Gasteiger partial charge in [0, 0.05) is 6.42 Å². The lowest BCUT2D eigenvalue weighted by Gasteiger charge is -2.35. The van der Waals surface area contributed by atoms with E-state index in [9.17, 15) is 14.4 Å². The number of nitrogens with one attached hydrogen (secondary N) is 1. The van der Waals surface area contributed by atoms with Crippen molar-refractivity contribution in [1.29, 1.82) is 0 Å². The highest BCUT2D eigenvalue weighted by Gasteiger charge is 2.37. The average molecular weight is 451 g/mol. The van der Waals surface area contributed by atoms with Crippen LogP contribution in [0.25, 0.3) is 0 Å². The molecule has 1 aliphatic rings. The quantitative estimate of drug-likeness (QED) is 0.513. The minimum absolute atomic E-state index is 0.109. The zero-order valence-electron chi connectivity index (χ0n) is 19.2. The first-order valence-corrected chi connectivity index (χ1v) is 10.9. The molecule has 1 N–H and O–H groups in total. The summed E-state index contributed by atoms with van der Waals surface area (Å²) in [5, 5.41) is 2.77. The molecule has 7 heteroatoms. The molecule has 0 radical (unpaired) electrons. The standard InChI is InChI=1S/C26H30N2O5/c1-18(2)13-14-22(25(30)32-3)27-24(29)23-15-20-11-7-8-12-21(20)16-28(23)26(31)33-17-19-9-5-4-6-10-19/h4-13,22-23H,14-17H2,1-3H3,(H,27,29)/t22-,23-/m0/s1. The first kappa shape index (κ1) is 24.0. The molecule has 2 amide bonds. The molecule has 0 fully saturated rings. The van der Waals surface area contributed by atoms with Gasteiger partial charge in [-0.2, -0.15) is 0 Å². The Kier molecular flexibility index (Phi) is 8.24. The van der Waals surface area contributed by atoms with Crippen molar-refractivity contribution in [2.45, 2.75) is 51.9 Å². The van der Waals surface area contributed by atoms with E-state index in [4.69, 9.17) is 9.47 Å². The zero-order chi connectivity index (χ0) is 23.8. The summed E-state index contributed by atoms with van der Waals surface area (Å²) in [7, 11) is 1.29. The Bertz CT molecular complexity index is 1010. The summed E-state index contributed by atoms with van der Waals surface area (Å²) in [4.78, 5) is 40.0. The van der Waals surface area contributed by atoms with Gasteiger partial charge in [-0.3, -0.25) is 9.69 Å². The molecule has 174 valence electrons. The Balaban J connectivity index is 1.79. The van der Waals surface area contributed by atoms with Gasteiger partial charge in [-0.05, 0) is 37.0 Å². The number of benzene rings is 2. The Morgan fingerprint density at radius 1 is 1.06 bits per heavy atom. The lowest BCUT2D eigenvalue weighted by molar-refractivity contribution is -0.145. The van der Waals surface area contributed by atoms with Gasteiger partial charge >= 0.3 is 12.1 Å². The number of esters is 1.